The zero-order chi connectivity index (χ0) is 23.4. The molecule has 0 saturated carbocycles. The van der Waals surface area contributed by atoms with Gasteiger partial charge < -0.3 is 10.2 Å². The lowest BCUT2D eigenvalue weighted by Crippen LogP contribution is -2.40. The monoisotopic (exact) mass is 459 g/mol. The summed E-state index contributed by atoms with van der Waals surface area (Å²) in [5, 5.41) is 4.26. The molecule has 4 aromatic rings. The first-order chi connectivity index (χ1) is 16.6. The molecule has 3 aromatic carbocycles. The second-order valence-electron chi connectivity index (χ2n) is 8.70. The van der Waals surface area contributed by atoms with Crippen LogP contribution in [0.25, 0.3) is 10.9 Å². The van der Waals surface area contributed by atoms with Gasteiger partial charge in [0.05, 0.1) is 18.6 Å². The van der Waals surface area contributed by atoms with Crippen LogP contribution in [0, 0.1) is 0 Å². The summed E-state index contributed by atoms with van der Waals surface area (Å²) in [5.74, 6) is -1.90. The summed E-state index contributed by atoms with van der Waals surface area (Å²) in [5.41, 5.74) is 2.88. The number of benzene rings is 3. The van der Waals surface area contributed by atoms with Crippen molar-refractivity contribution in [2.45, 2.75) is 19.0 Å². The molecule has 1 fully saturated rings. The van der Waals surface area contributed by atoms with E-state index < -0.39 is 12.5 Å². The molecule has 1 aliphatic heterocycles. The molecule has 0 radical (unpaired) electrons. The maximum Gasteiger partial charge on any atom is 0.277 e. The molecule has 1 N–H and O–H groups in total. The minimum atomic E-state index is -2.88. The molecule has 7 heteroatoms. The van der Waals surface area contributed by atoms with Crippen molar-refractivity contribution in [2.75, 3.05) is 36.4 Å². The third-order valence-electron chi connectivity index (χ3n) is 5.99. The van der Waals surface area contributed by atoms with Gasteiger partial charge in [-0.3, -0.25) is 4.90 Å². The summed E-state index contributed by atoms with van der Waals surface area (Å²) in [6, 6.07) is 27.4. The van der Waals surface area contributed by atoms with Gasteiger partial charge in [0.15, 0.2) is 0 Å². The number of hydrogen-bond acceptors (Lipinski definition) is 5. The van der Waals surface area contributed by atoms with Crippen LogP contribution in [0.3, 0.4) is 0 Å². The average Bonchev–Trinajstić information content (AvgIpc) is 3.01. The fourth-order valence-corrected chi connectivity index (χ4v) is 4.35. The van der Waals surface area contributed by atoms with Crippen LogP contribution in [-0.4, -0.2) is 47.0 Å². The smallest absolute Gasteiger partial charge is 0.277 e. The Kier molecular flexibility index (Phi) is 6.36. The summed E-state index contributed by atoms with van der Waals surface area (Å²) in [6.45, 7) is 1.32. The van der Waals surface area contributed by atoms with Crippen LogP contribution in [-0.2, 0) is 13.1 Å². The number of aromatic nitrogens is 2. The highest BCUT2D eigenvalue weighted by Gasteiger charge is 2.38. The Morgan fingerprint density at radius 2 is 1.44 bits per heavy atom. The Morgan fingerprint density at radius 1 is 0.765 bits per heavy atom. The molecule has 1 aliphatic rings. The van der Waals surface area contributed by atoms with Crippen LogP contribution < -0.4 is 10.2 Å². The Bertz CT molecular complexity index is 1230. The molecular weight excluding hydrogens is 432 g/mol. The maximum atomic E-state index is 15.0. The van der Waals surface area contributed by atoms with Gasteiger partial charge in [0.2, 0.25) is 5.95 Å². The number of rotatable bonds is 6. The van der Waals surface area contributed by atoms with Gasteiger partial charge in [-0.15, -0.1) is 0 Å². The van der Waals surface area contributed by atoms with Crippen LogP contribution in [0.5, 0.6) is 0 Å². The first kappa shape index (κ1) is 22.2. The molecule has 0 amide bonds. The fourth-order valence-electron chi connectivity index (χ4n) is 4.35. The summed E-state index contributed by atoms with van der Waals surface area (Å²) in [7, 11) is 0. The number of fused-ring (bicyclic) bond motifs is 1. The van der Waals surface area contributed by atoms with Crippen molar-refractivity contribution >= 4 is 22.7 Å². The van der Waals surface area contributed by atoms with Crippen LogP contribution >= 0.6 is 0 Å². The van der Waals surface area contributed by atoms with Gasteiger partial charge in [-0.25, -0.2) is 13.8 Å². The average molecular weight is 460 g/mol. The molecule has 0 atom stereocenters. The van der Waals surface area contributed by atoms with Gasteiger partial charge in [0.1, 0.15) is 5.82 Å². The van der Waals surface area contributed by atoms with E-state index in [1.807, 2.05) is 89.8 Å². The van der Waals surface area contributed by atoms with Crippen LogP contribution in [0.1, 0.15) is 11.1 Å². The molecule has 5 nitrogen and oxygen atoms in total. The number of para-hydroxylation sites is 1. The van der Waals surface area contributed by atoms with E-state index in [1.165, 1.54) is 0 Å². The lowest BCUT2D eigenvalue weighted by molar-refractivity contribution is -0.0168. The van der Waals surface area contributed by atoms with Crippen molar-refractivity contribution < 1.29 is 8.78 Å². The highest BCUT2D eigenvalue weighted by molar-refractivity contribution is 5.90. The molecule has 0 unspecified atom stereocenters. The number of nitrogens with one attached hydrogen (secondary N) is 1. The van der Waals surface area contributed by atoms with E-state index in [1.54, 1.807) is 4.90 Å². The van der Waals surface area contributed by atoms with Crippen molar-refractivity contribution in [2.24, 2.45) is 0 Å². The summed E-state index contributed by atoms with van der Waals surface area (Å²) in [6.07, 6.45) is 0. The van der Waals surface area contributed by atoms with Crippen LogP contribution in [0.15, 0.2) is 84.9 Å². The van der Waals surface area contributed by atoms with Gasteiger partial charge in [0.25, 0.3) is 5.92 Å². The van der Waals surface area contributed by atoms with Gasteiger partial charge in [-0.05, 0) is 23.3 Å². The minimum absolute atomic E-state index is 0.287. The first-order valence-electron chi connectivity index (χ1n) is 11.5. The van der Waals surface area contributed by atoms with E-state index >= 15 is 0 Å². The Hall–Kier alpha value is -3.58. The zero-order valence-corrected chi connectivity index (χ0v) is 18.9. The van der Waals surface area contributed by atoms with Gasteiger partial charge in [-0.1, -0.05) is 72.8 Å². The van der Waals surface area contributed by atoms with Crippen LogP contribution in [0.2, 0.25) is 0 Å². The second kappa shape index (κ2) is 9.73. The Labute approximate surface area is 198 Å². The quantitative estimate of drug-likeness (QED) is 0.429. The van der Waals surface area contributed by atoms with Crippen molar-refractivity contribution in [3.63, 3.8) is 0 Å². The van der Waals surface area contributed by atoms with E-state index in [4.69, 9.17) is 4.98 Å². The van der Waals surface area contributed by atoms with E-state index in [-0.39, 0.29) is 6.54 Å². The molecule has 1 aromatic heterocycles. The van der Waals surface area contributed by atoms with Crippen molar-refractivity contribution in [1.29, 1.82) is 0 Å². The Morgan fingerprint density at radius 3 is 2.21 bits per heavy atom. The molecule has 174 valence electrons. The predicted molar refractivity (Wildman–Crippen MR) is 132 cm³/mol. The minimum Gasteiger partial charge on any atom is -0.365 e. The predicted octanol–water partition coefficient (Wildman–Crippen LogP) is 5.20. The summed E-state index contributed by atoms with van der Waals surface area (Å²) < 4.78 is 30.0. The number of nitrogens with zero attached hydrogens (tertiary/aromatic N) is 4. The van der Waals surface area contributed by atoms with Gasteiger partial charge in [-0.2, -0.15) is 4.98 Å². The highest BCUT2D eigenvalue weighted by Crippen LogP contribution is 2.28. The summed E-state index contributed by atoms with van der Waals surface area (Å²) >= 11 is 0. The lowest BCUT2D eigenvalue weighted by atomic mass is 10.2. The normalized spacial score (nSPS) is 16.4. The van der Waals surface area contributed by atoms with Crippen molar-refractivity contribution in [1.82, 2.24) is 14.9 Å². The molecule has 34 heavy (non-hydrogen) atoms. The van der Waals surface area contributed by atoms with Crippen molar-refractivity contribution in [3.05, 3.63) is 96.1 Å². The van der Waals surface area contributed by atoms with E-state index in [0.717, 1.165) is 22.0 Å². The maximum absolute atomic E-state index is 15.0. The third-order valence-corrected chi connectivity index (χ3v) is 5.99. The first-order valence-corrected chi connectivity index (χ1v) is 11.5. The largest absolute Gasteiger partial charge is 0.365 e. The number of anilines is 2. The van der Waals surface area contributed by atoms with Gasteiger partial charge in [0, 0.05) is 31.6 Å². The summed E-state index contributed by atoms with van der Waals surface area (Å²) in [4.78, 5) is 12.8. The van der Waals surface area contributed by atoms with E-state index in [0.29, 0.717) is 37.9 Å². The molecule has 0 bridgehead atoms. The molecular formula is C27H27F2N5. The standard InChI is InChI=1S/C27H27F2N5/c28-27(29)19-33(18-22-11-5-2-6-12-22)15-16-34(20-27)26-31-24-14-8-7-13-23(24)25(32-26)30-17-21-9-3-1-4-10-21/h1-14H,15-20H2,(H,30,31,32). The second-order valence-corrected chi connectivity index (χ2v) is 8.70. The van der Waals surface area contributed by atoms with Crippen LogP contribution in [0.4, 0.5) is 20.5 Å². The molecule has 2 heterocycles. The highest BCUT2D eigenvalue weighted by atomic mass is 19.3. The SMILES string of the molecule is FC1(F)CN(Cc2ccccc2)CCN(c2nc(NCc3ccccc3)c3ccccc3n2)C1. The number of halogens is 2. The number of hydrogen-bond donors (Lipinski definition) is 1. The zero-order valence-electron chi connectivity index (χ0n) is 18.9. The Balaban J connectivity index is 1.40. The van der Waals surface area contributed by atoms with Crippen molar-refractivity contribution in [3.8, 4) is 0 Å². The topological polar surface area (TPSA) is 44.3 Å². The fraction of sp³-hybridized carbons (Fsp3) is 0.259. The molecule has 5 rings (SSSR count). The van der Waals surface area contributed by atoms with Gasteiger partial charge >= 0.3 is 0 Å². The molecule has 1 saturated heterocycles. The number of alkyl halides is 2. The molecule has 0 aliphatic carbocycles. The van der Waals surface area contributed by atoms with E-state index in [9.17, 15) is 8.78 Å². The molecule has 0 spiro atoms. The lowest BCUT2D eigenvalue weighted by Gasteiger charge is -2.24. The van der Waals surface area contributed by atoms with E-state index in [2.05, 4.69) is 10.3 Å². The third kappa shape index (κ3) is 5.31.